The number of anilines is 1. The highest BCUT2D eigenvalue weighted by Crippen LogP contribution is 2.28. The molecule has 2 heterocycles. The molecule has 0 radical (unpaired) electrons. The SMILES string of the molecule is CCCS(=O)(=O)N1CCC(NC(=O)c2sc(NC(=O)c3ccccc3Cl)cc2C)CC1. The van der Waals surface area contributed by atoms with Gasteiger partial charge in [0.25, 0.3) is 11.8 Å². The van der Waals surface area contributed by atoms with Gasteiger partial charge in [0.1, 0.15) is 0 Å². The average Bonchev–Trinajstić information content (AvgIpc) is 3.08. The number of aryl methyl sites for hydroxylation is 1. The second kappa shape index (κ2) is 10.1. The largest absolute Gasteiger partial charge is 0.349 e. The highest BCUT2D eigenvalue weighted by atomic mass is 35.5. The van der Waals surface area contributed by atoms with Gasteiger partial charge in [-0.15, -0.1) is 11.3 Å². The number of carbonyl (C=O) groups is 2. The molecule has 31 heavy (non-hydrogen) atoms. The molecule has 1 aromatic heterocycles. The smallest absolute Gasteiger partial charge is 0.261 e. The Labute approximate surface area is 191 Å². The lowest BCUT2D eigenvalue weighted by Crippen LogP contribution is -2.47. The topological polar surface area (TPSA) is 95.6 Å². The van der Waals surface area contributed by atoms with Gasteiger partial charge in [-0.05, 0) is 49.9 Å². The summed E-state index contributed by atoms with van der Waals surface area (Å²) in [5.41, 5.74) is 1.13. The van der Waals surface area contributed by atoms with Crippen molar-refractivity contribution in [3.05, 3.63) is 51.4 Å². The molecule has 0 atom stereocenters. The van der Waals surface area contributed by atoms with Crippen molar-refractivity contribution in [1.82, 2.24) is 9.62 Å². The summed E-state index contributed by atoms with van der Waals surface area (Å²) in [5.74, 6) is -0.392. The van der Waals surface area contributed by atoms with E-state index in [1.165, 1.54) is 15.6 Å². The quantitative estimate of drug-likeness (QED) is 0.624. The normalized spacial score (nSPS) is 15.6. The number of nitrogens with zero attached hydrogens (tertiary/aromatic N) is 1. The second-order valence-electron chi connectivity index (χ2n) is 7.52. The summed E-state index contributed by atoms with van der Waals surface area (Å²) in [5, 5.41) is 6.72. The van der Waals surface area contributed by atoms with Crippen LogP contribution in [-0.2, 0) is 10.0 Å². The molecule has 0 bridgehead atoms. The number of hydrogen-bond donors (Lipinski definition) is 2. The van der Waals surface area contributed by atoms with E-state index in [1.807, 2.05) is 13.8 Å². The summed E-state index contributed by atoms with van der Waals surface area (Å²) in [6.45, 7) is 4.49. The zero-order valence-corrected chi connectivity index (χ0v) is 19.9. The van der Waals surface area contributed by atoms with Crippen LogP contribution in [0.3, 0.4) is 0 Å². The number of piperidine rings is 1. The molecule has 2 amide bonds. The van der Waals surface area contributed by atoms with E-state index in [0.29, 0.717) is 52.8 Å². The number of thiophene rings is 1. The monoisotopic (exact) mass is 483 g/mol. The number of sulfonamides is 1. The minimum Gasteiger partial charge on any atom is -0.349 e. The third-order valence-electron chi connectivity index (χ3n) is 5.12. The summed E-state index contributed by atoms with van der Waals surface area (Å²) >= 11 is 7.28. The maximum Gasteiger partial charge on any atom is 0.261 e. The molecule has 0 saturated carbocycles. The van der Waals surface area contributed by atoms with E-state index in [1.54, 1.807) is 30.3 Å². The van der Waals surface area contributed by atoms with Gasteiger partial charge in [0.15, 0.2) is 0 Å². The lowest BCUT2D eigenvalue weighted by molar-refractivity contribution is 0.0926. The van der Waals surface area contributed by atoms with E-state index in [2.05, 4.69) is 10.6 Å². The van der Waals surface area contributed by atoms with Crippen LogP contribution in [0.25, 0.3) is 0 Å². The molecule has 2 aromatic rings. The van der Waals surface area contributed by atoms with Crippen LogP contribution in [0.1, 0.15) is 51.8 Å². The molecule has 1 aromatic carbocycles. The van der Waals surface area contributed by atoms with Crippen LogP contribution in [0, 0.1) is 6.92 Å². The lowest BCUT2D eigenvalue weighted by Gasteiger charge is -2.31. The summed E-state index contributed by atoms with van der Waals surface area (Å²) in [6, 6.07) is 8.45. The Morgan fingerprint density at radius 3 is 2.52 bits per heavy atom. The van der Waals surface area contributed by atoms with Crippen LogP contribution in [0.4, 0.5) is 5.00 Å². The van der Waals surface area contributed by atoms with Gasteiger partial charge in [-0.2, -0.15) is 0 Å². The zero-order chi connectivity index (χ0) is 22.6. The molecule has 1 aliphatic heterocycles. The van der Waals surface area contributed by atoms with E-state index in [9.17, 15) is 18.0 Å². The van der Waals surface area contributed by atoms with Gasteiger partial charge in [-0.3, -0.25) is 9.59 Å². The predicted molar refractivity (Wildman–Crippen MR) is 125 cm³/mol. The summed E-state index contributed by atoms with van der Waals surface area (Å²) in [4.78, 5) is 25.8. The van der Waals surface area contributed by atoms with Gasteiger partial charge in [0, 0.05) is 19.1 Å². The van der Waals surface area contributed by atoms with Crippen molar-refractivity contribution in [1.29, 1.82) is 0 Å². The predicted octanol–water partition coefficient (Wildman–Crippen LogP) is 3.90. The Hall–Kier alpha value is -1.94. The molecule has 7 nitrogen and oxygen atoms in total. The third kappa shape index (κ3) is 5.85. The van der Waals surface area contributed by atoms with Gasteiger partial charge < -0.3 is 10.6 Å². The van der Waals surface area contributed by atoms with E-state index in [0.717, 1.165) is 5.56 Å². The highest BCUT2D eigenvalue weighted by Gasteiger charge is 2.28. The zero-order valence-electron chi connectivity index (χ0n) is 17.5. The third-order valence-corrected chi connectivity index (χ3v) is 8.68. The van der Waals surface area contributed by atoms with Crippen LogP contribution in [0.15, 0.2) is 30.3 Å². The van der Waals surface area contributed by atoms with Crippen molar-refractivity contribution in [2.45, 2.75) is 39.2 Å². The van der Waals surface area contributed by atoms with Gasteiger partial charge >= 0.3 is 0 Å². The minimum atomic E-state index is -3.21. The lowest BCUT2D eigenvalue weighted by atomic mass is 10.1. The van der Waals surface area contributed by atoms with Gasteiger partial charge in [-0.25, -0.2) is 12.7 Å². The average molecular weight is 484 g/mol. The maximum atomic E-state index is 12.8. The first-order valence-corrected chi connectivity index (χ1v) is 13.0. The number of carbonyl (C=O) groups excluding carboxylic acids is 2. The molecule has 0 spiro atoms. The fraction of sp³-hybridized carbons (Fsp3) is 0.429. The first-order valence-electron chi connectivity index (χ1n) is 10.2. The molecule has 1 saturated heterocycles. The van der Waals surface area contributed by atoms with Crippen LogP contribution < -0.4 is 10.6 Å². The van der Waals surface area contributed by atoms with Crippen molar-refractivity contribution in [2.24, 2.45) is 0 Å². The standard InChI is InChI=1S/C21H26ClN3O4S2/c1-3-12-31(28,29)25-10-8-15(9-11-25)23-21(27)19-14(2)13-18(30-19)24-20(26)16-6-4-5-7-17(16)22/h4-7,13,15H,3,8-12H2,1-2H3,(H,23,27)(H,24,26). The number of hydrogen-bond acceptors (Lipinski definition) is 5. The van der Waals surface area contributed by atoms with Gasteiger partial charge in [0.05, 0.1) is 26.2 Å². The number of amides is 2. The van der Waals surface area contributed by atoms with Crippen molar-refractivity contribution >= 4 is 49.8 Å². The molecule has 0 unspecified atom stereocenters. The molecule has 0 aliphatic carbocycles. The minimum absolute atomic E-state index is 0.0803. The molecular weight excluding hydrogens is 458 g/mol. The molecule has 1 fully saturated rings. The Morgan fingerprint density at radius 2 is 1.87 bits per heavy atom. The molecule has 10 heteroatoms. The number of benzene rings is 1. The van der Waals surface area contributed by atoms with Crippen LogP contribution >= 0.6 is 22.9 Å². The van der Waals surface area contributed by atoms with Gasteiger partial charge in [0.2, 0.25) is 10.0 Å². The summed E-state index contributed by atoms with van der Waals surface area (Å²) < 4.78 is 25.9. The fourth-order valence-corrected chi connectivity index (χ4v) is 6.24. The van der Waals surface area contributed by atoms with E-state index < -0.39 is 10.0 Å². The molecule has 1 aliphatic rings. The summed E-state index contributed by atoms with van der Waals surface area (Å²) in [6.07, 6.45) is 1.75. The molecular formula is C21H26ClN3O4S2. The Morgan fingerprint density at radius 1 is 1.19 bits per heavy atom. The van der Waals surface area contributed by atoms with Crippen LogP contribution in [-0.4, -0.2) is 49.4 Å². The molecule has 168 valence electrons. The van der Waals surface area contributed by atoms with E-state index in [4.69, 9.17) is 11.6 Å². The van der Waals surface area contributed by atoms with Crippen molar-refractivity contribution < 1.29 is 18.0 Å². The Balaban J connectivity index is 1.59. The van der Waals surface area contributed by atoms with Crippen LogP contribution in [0.5, 0.6) is 0 Å². The van der Waals surface area contributed by atoms with Crippen molar-refractivity contribution in [3.63, 3.8) is 0 Å². The number of rotatable bonds is 7. The van der Waals surface area contributed by atoms with Crippen molar-refractivity contribution in [2.75, 3.05) is 24.2 Å². The highest BCUT2D eigenvalue weighted by molar-refractivity contribution is 7.89. The number of nitrogens with one attached hydrogen (secondary N) is 2. The van der Waals surface area contributed by atoms with E-state index in [-0.39, 0.29) is 23.6 Å². The Kier molecular flexibility index (Phi) is 7.74. The van der Waals surface area contributed by atoms with Crippen molar-refractivity contribution in [3.8, 4) is 0 Å². The fourth-order valence-electron chi connectivity index (χ4n) is 3.51. The van der Waals surface area contributed by atoms with E-state index >= 15 is 0 Å². The number of halogens is 1. The first kappa shape index (κ1) is 23.7. The summed E-state index contributed by atoms with van der Waals surface area (Å²) in [7, 11) is -3.21. The maximum absolute atomic E-state index is 12.8. The Bertz CT molecular complexity index is 1060. The molecule has 3 rings (SSSR count). The first-order chi connectivity index (χ1) is 14.7. The molecule has 2 N–H and O–H groups in total. The van der Waals surface area contributed by atoms with Gasteiger partial charge in [-0.1, -0.05) is 30.7 Å². The second-order valence-corrected chi connectivity index (χ2v) is 11.1. The van der Waals surface area contributed by atoms with Crippen LogP contribution in [0.2, 0.25) is 5.02 Å².